The molecule has 8 nitrogen and oxygen atoms in total. The summed E-state index contributed by atoms with van der Waals surface area (Å²) in [5.41, 5.74) is 4.06. The van der Waals surface area contributed by atoms with Gasteiger partial charge in [-0.25, -0.2) is 8.42 Å². The lowest BCUT2D eigenvalue weighted by atomic mass is 10.0. The number of carboxylic acid groups (broad SMARTS) is 1. The molecule has 9 heteroatoms. The van der Waals surface area contributed by atoms with E-state index in [1.165, 1.54) is 24.3 Å². The molecule has 0 bridgehead atoms. The number of hydrogen-bond donors (Lipinski definition) is 2. The first kappa shape index (κ1) is 27.5. The summed E-state index contributed by atoms with van der Waals surface area (Å²) in [5, 5.41) is 20.1. The zero-order valence-corrected chi connectivity index (χ0v) is 22.3. The molecule has 0 saturated carbocycles. The summed E-state index contributed by atoms with van der Waals surface area (Å²) in [5.74, 6) is 4.59. The van der Waals surface area contributed by atoms with E-state index in [4.69, 9.17) is 4.74 Å². The van der Waals surface area contributed by atoms with Crippen LogP contribution < -0.4 is 9.46 Å². The second kappa shape index (κ2) is 11.9. The summed E-state index contributed by atoms with van der Waals surface area (Å²) >= 11 is 0. The zero-order chi connectivity index (χ0) is 28.0. The Hall–Kier alpha value is -4.57. The Morgan fingerprint density at radius 2 is 1.82 bits per heavy atom. The molecule has 198 valence electrons. The monoisotopic (exact) mass is 541 g/mol. The van der Waals surface area contributed by atoms with E-state index in [0.29, 0.717) is 28.8 Å². The van der Waals surface area contributed by atoms with Gasteiger partial charge in [-0.15, -0.1) is 5.92 Å². The Labute approximate surface area is 227 Å². The Morgan fingerprint density at radius 3 is 2.46 bits per heavy atom. The number of aliphatic carboxylic acids is 1. The smallest absolute Gasteiger partial charge is 0.322 e. The Kier molecular flexibility index (Phi) is 8.36. The van der Waals surface area contributed by atoms with Gasteiger partial charge in [0.05, 0.1) is 16.5 Å². The molecule has 0 aliphatic carbocycles. The number of ether oxygens (including phenoxy) is 1. The van der Waals surface area contributed by atoms with Gasteiger partial charge < -0.3 is 14.4 Å². The number of rotatable bonds is 10. The maximum Gasteiger partial charge on any atom is 0.322 e. The van der Waals surface area contributed by atoms with Crippen LogP contribution in [0.4, 0.5) is 0 Å². The molecule has 1 atom stereocenters. The van der Waals surface area contributed by atoms with Crippen LogP contribution in [0.1, 0.15) is 29.2 Å². The van der Waals surface area contributed by atoms with E-state index in [9.17, 15) is 23.6 Å². The van der Waals surface area contributed by atoms with Gasteiger partial charge in [0, 0.05) is 30.1 Å². The molecule has 1 aromatic heterocycles. The molecule has 0 aliphatic heterocycles. The van der Waals surface area contributed by atoms with Gasteiger partial charge >= 0.3 is 5.97 Å². The number of nitrogens with one attached hydrogen (secondary N) is 1. The SMILES string of the molecule is CC#CCOc1ccc(S(=O)(=O)NC(Cc2cn(Cc3ccc(C)cc3)c3ccc(C#N)cc23)C(=O)O)cc1. The molecular formula is C30H27N3O5S. The van der Waals surface area contributed by atoms with E-state index in [1.54, 1.807) is 19.1 Å². The average molecular weight is 542 g/mol. The van der Waals surface area contributed by atoms with Crippen molar-refractivity contribution < 1.29 is 23.1 Å². The quantitative estimate of drug-likeness (QED) is 0.290. The van der Waals surface area contributed by atoms with Gasteiger partial charge in [-0.1, -0.05) is 35.7 Å². The van der Waals surface area contributed by atoms with Gasteiger partial charge in [0.15, 0.2) is 0 Å². The number of nitriles is 1. The third kappa shape index (κ3) is 6.66. The minimum Gasteiger partial charge on any atom is -0.481 e. The van der Waals surface area contributed by atoms with Crippen molar-refractivity contribution in [2.24, 2.45) is 0 Å². The van der Waals surface area contributed by atoms with E-state index in [0.717, 1.165) is 16.6 Å². The number of fused-ring (bicyclic) bond motifs is 1. The predicted octanol–water partition coefficient (Wildman–Crippen LogP) is 4.25. The standard InChI is InChI=1S/C30H27N3O5S/c1-3-4-15-38-25-10-12-26(13-11-25)39(36,37)32-28(30(34)35)17-24-20-33(19-22-7-5-21(2)6-8-22)29-14-9-23(18-31)16-27(24)29/h5-14,16,20,28,32H,15,17,19H2,1-2H3,(H,34,35). The summed E-state index contributed by atoms with van der Waals surface area (Å²) in [6.45, 7) is 4.40. The fourth-order valence-corrected chi connectivity index (χ4v) is 5.37. The lowest BCUT2D eigenvalue weighted by Gasteiger charge is -2.15. The highest BCUT2D eigenvalue weighted by Crippen LogP contribution is 2.26. The molecule has 1 unspecified atom stereocenters. The van der Waals surface area contributed by atoms with Crippen molar-refractivity contribution in [1.29, 1.82) is 5.26 Å². The number of benzene rings is 3. The van der Waals surface area contributed by atoms with E-state index < -0.39 is 22.0 Å². The fourth-order valence-electron chi connectivity index (χ4n) is 4.19. The van der Waals surface area contributed by atoms with E-state index in [2.05, 4.69) is 22.6 Å². The van der Waals surface area contributed by atoms with Gasteiger partial charge in [-0.05, 0) is 67.4 Å². The summed E-state index contributed by atoms with van der Waals surface area (Å²) < 4.78 is 35.8. The number of aryl methyl sites for hydroxylation is 1. The van der Waals surface area contributed by atoms with Crippen LogP contribution in [0.5, 0.6) is 5.75 Å². The van der Waals surface area contributed by atoms with E-state index in [1.807, 2.05) is 48.0 Å². The third-order valence-electron chi connectivity index (χ3n) is 6.21. The highest BCUT2D eigenvalue weighted by atomic mass is 32.2. The Bertz CT molecular complexity index is 1710. The molecule has 1 heterocycles. The van der Waals surface area contributed by atoms with Crippen LogP contribution in [-0.4, -0.2) is 36.7 Å². The molecule has 4 rings (SSSR count). The molecule has 0 radical (unpaired) electrons. The van der Waals surface area contributed by atoms with Crippen LogP contribution in [0, 0.1) is 30.1 Å². The van der Waals surface area contributed by atoms with Gasteiger partial charge in [0.1, 0.15) is 18.4 Å². The predicted molar refractivity (Wildman–Crippen MR) is 148 cm³/mol. The molecular weight excluding hydrogens is 514 g/mol. The third-order valence-corrected chi connectivity index (χ3v) is 7.70. The highest BCUT2D eigenvalue weighted by molar-refractivity contribution is 7.89. The van der Waals surface area contributed by atoms with Crippen LogP contribution in [0.25, 0.3) is 10.9 Å². The lowest BCUT2D eigenvalue weighted by Crippen LogP contribution is -2.42. The number of carboxylic acids is 1. The van der Waals surface area contributed by atoms with Gasteiger partial charge in [-0.2, -0.15) is 9.98 Å². The summed E-state index contributed by atoms with van der Waals surface area (Å²) in [6, 6.07) is 19.7. The van der Waals surface area contributed by atoms with Crippen molar-refractivity contribution in [2.45, 2.75) is 37.8 Å². The van der Waals surface area contributed by atoms with Crippen molar-refractivity contribution in [1.82, 2.24) is 9.29 Å². The Balaban J connectivity index is 1.62. The first-order chi connectivity index (χ1) is 18.7. The highest BCUT2D eigenvalue weighted by Gasteiger charge is 2.27. The minimum atomic E-state index is -4.15. The summed E-state index contributed by atoms with van der Waals surface area (Å²) in [7, 11) is -4.15. The molecule has 0 amide bonds. The first-order valence-electron chi connectivity index (χ1n) is 12.1. The maximum absolute atomic E-state index is 13.1. The van der Waals surface area contributed by atoms with E-state index >= 15 is 0 Å². The van der Waals surface area contributed by atoms with Crippen molar-refractivity contribution in [3.05, 3.63) is 95.2 Å². The van der Waals surface area contributed by atoms with Crippen LogP contribution in [-0.2, 0) is 27.8 Å². The summed E-state index contributed by atoms with van der Waals surface area (Å²) in [4.78, 5) is 12.1. The number of sulfonamides is 1. The van der Waals surface area contributed by atoms with Crippen LogP contribution in [0.3, 0.4) is 0 Å². The topological polar surface area (TPSA) is 121 Å². The van der Waals surface area contributed by atoms with E-state index in [-0.39, 0.29) is 17.9 Å². The van der Waals surface area contributed by atoms with Crippen LogP contribution in [0.15, 0.2) is 77.8 Å². The maximum atomic E-state index is 13.1. The second-order valence-corrected chi connectivity index (χ2v) is 10.7. The first-order valence-corrected chi connectivity index (χ1v) is 13.6. The zero-order valence-electron chi connectivity index (χ0n) is 21.5. The molecule has 39 heavy (non-hydrogen) atoms. The normalized spacial score (nSPS) is 11.8. The second-order valence-electron chi connectivity index (χ2n) is 9.01. The van der Waals surface area contributed by atoms with Crippen molar-refractivity contribution >= 4 is 26.9 Å². The van der Waals surface area contributed by atoms with Gasteiger partial charge in [0.2, 0.25) is 10.0 Å². The van der Waals surface area contributed by atoms with Crippen molar-refractivity contribution in [2.75, 3.05) is 6.61 Å². The minimum absolute atomic E-state index is 0.0868. The van der Waals surface area contributed by atoms with Crippen LogP contribution >= 0.6 is 0 Å². The molecule has 3 aromatic carbocycles. The number of nitrogens with zero attached hydrogens (tertiary/aromatic N) is 2. The molecule has 0 spiro atoms. The number of hydrogen-bond acceptors (Lipinski definition) is 5. The largest absolute Gasteiger partial charge is 0.481 e. The van der Waals surface area contributed by atoms with Gasteiger partial charge in [-0.3, -0.25) is 4.79 Å². The molecule has 0 saturated heterocycles. The number of carbonyl (C=O) groups is 1. The molecule has 2 N–H and O–H groups in total. The fraction of sp³-hybridized carbons (Fsp3) is 0.200. The molecule has 0 aliphatic rings. The summed E-state index contributed by atoms with van der Waals surface area (Å²) in [6.07, 6.45) is 1.71. The molecule has 4 aromatic rings. The molecule has 0 fully saturated rings. The average Bonchev–Trinajstić information content (AvgIpc) is 3.25. The van der Waals surface area contributed by atoms with Crippen LogP contribution in [0.2, 0.25) is 0 Å². The van der Waals surface area contributed by atoms with Gasteiger partial charge in [0.25, 0.3) is 0 Å². The van der Waals surface area contributed by atoms with Crippen molar-refractivity contribution in [3.63, 3.8) is 0 Å². The number of aromatic nitrogens is 1. The van der Waals surface area contributed by atoms with Crippen molar-refractivity contribution in [3.8, 4) is 23.7 Å². The Morgan fingerprint density at radius 1 is 1.10 bits per heavy atom. The lowest BCUT2D eigenvalue weighted by molar-refractivity contribution is -0.138.